The molecule has 22 aromatic carbocycles. The van der Waals surface area contributed by atoms with Gasteiger partial charge in [0, 0.05) is 113 Å². The van der Waals surface area contributed by atoms with Gasteiger partial charge in [0.2, 0.25) is 0 Å². The number of rotatable bonds is 7. The van der Waals surface area contributed by atoms with Crippen molar-refractivity contribution in [2.75, 3.05) is 19.6 Å². The van der Waals surface area contributed by atoms with Crippen LogP contribution >= 0.6 is 11.8 Å². The van der Waals surface area contributed by atoms with Crippen molar-refractivity contribution in [3.63, 3.8) is 0 Å². The number of benzene rings is 22. The van der Waals surface area contributed by atoms with Crippen molar-refractivity contribution in [3.8, 4) is 39.4 Å². The number of hydrogen-bond donors (Lipinski definition) is 0. The first-order valence-electron chi connectivity index (χ1n) is 47.4. The van der Waals surface area contributed by atoms with Crippen molar-refractivity contribution in [2.45, 2.75) is 48.3 Å². The number of aromatic nitrogens is 3. The highest BCUT2D eigenvalue weighted by Gasteiger charge is 2.41. The van der Waals surface area contributed by atoms with Gasteiger partial charge in [-0.25, -0.2) is 0 Å². The molecule has 0 saturated carbocycles. The number of hydrogen-bond acceptors (Lipinski definition) is 9. The highest BCUT2D eigenvalue weighted by atomic mass is 32.2. The first-order chi connectivity index (χ1) is 67.9. The van der Waals surface area contributed by atoms with Crippen LogP contribution in [0.4, 0.5) is 68.2 Å². The largest absolute Gasteiger partial charge is 0.456 e. The van der Waals surface area contributed by atoms with Gasteiger partial charge in [-0.1, -0.05) is 258 Å². The molecule has 0 spiro atoms. The fraction of sp³-hybridized carbons (Fsp3) is 0.0469. The molecule has 4 aliphatic rings. The van der Waals surface area contributed by atoms with Gasteiger partial charge in [0.25, 0.3) is 0 Å². The van der Waals surface area contributed by atoms with Gasteiger partial charge < -0.3 is 33.3 Å². The molecule has 0 atom stereocenters. The van der Waals surface area contributed by atoms with E-state index in [1.807, 2.05) is 72.9 Å². The van der Waals surface area contributed by atoms with Crippen LogP contribution in [0.2, 0.25) is 0 Å². The van der Waals surface area contributed by atoms with Crippen molar-refractivity contribution in [2.24, 2.45) is 0 Å². The fourth-order valence-corrected chi connectivity index (χ4v) is 24.8. The second-order valence-electron chi connectivity index (χ2n) is 38.3. The number of nitrogens with zero attached hydrogens (tertiary/aromatic N) is 7. The van der Waals surface area contributed by atoms with Gasteiger partial charge in [0.15, 0.2) is 11.5 Å². The topological polar surface area (TPSA) is 66.0 Å². The zero-order valence-corrected chi connectivity index (χ0v) is 76.7. The van der Waals surface area contributed by atoms with Crippen LogP contribution in [0.5, 0.6) is 11.5 Å². The average molecular weight is 1780 g/mol. The smallest absolute Gasteiger partial charge is 0.151 e. The number of furan rings is 1. The van der Waals surface area contributed by atoms with Gasteiger partial charge in [0.05, 0.1) is 56.5 Å². The summed E-state index contributed by atoms with van der Waals surface area (Å²) in [5, 5.41) is 26.9. The van der Waals surface area contributed by atoms with Gasteiger partial charge in [-0.3, -0.25) is 9.97 Å². The van der Waals surface area contributed by atoms with Crippen LogP contribution in [0.3, 0.4) is 0 Å². The Bertz CT molecular complexity index is 9620. The maximum Gasteiger partial charge on any atom is 0.151 e. The number of para-hydroxylation sites is 9. The van der Waals surface area contributed by atoms with Gasteiger partial charge in [-0.2, -0.15) is 0 Å². The van der Waals surface area contributed by atoms with Crippen LogP contribution in [-0.2, 0) is 10.8 Å². The van der Waals surface area contributed by atoms with E-state index >= 15 is 0 Å². The van der Waals surface area contributed by atoms with Gasteiger partial charge in [-0.05, 0) is 312 Å². The third-order valence-corrected chi connectivity index (χ3v) is 31.2. The molecule has 0 fully saturated rings. The molecule has 10 heteroatoms. The predicted molar refractivity (Wildman–Crippen MR) is 577 cm³/mol. The van der Waals surface area contributed by atoms with Crippen LogP contribution in [0.1, 0.15) is 49.9 Å². The Hall–Kier alpha value is -17.3. The summed E-state index contributed by atoms with van der Waals surface area (Å²) in [7, 11) is 0. The van der Waals surface area contributed by atoms with Crippen molar-refractivity contribution >= 4 is 221 Å². The average Bonchev–Trinajstić information content (AvgIpc) is 1.54. The quantitative estimate of drug-likeness (QED) is 0.115. The van der Waals surface area contributed by atoms with Gasteiger partial charge in [0.1, 0.15) is 11.2 Å². The Morgan fingerprint density at radius 1 is 0.239 bits per heavy atom. The van der Waals surface area contributed by atoms with Crippen molar-refractivity contribution < 1.29 is 9.15 Å². The maximum absolute atomic E-state index is 6.89. The molecule has 0 N–H and O–H groups in total. The zero-order chi connectivity index (χ0) is 91.1. The minimum absolute atomic E-state index is 0.270. The normalized spacial score (nSPS) is 13.9. The van der Waals surface area contributed by atoms with E-state index in [9.17, 15) is 0 Å². The molecule has 9 nitrogen and oxygen atoms in total. The molecule has 0 amide bonds. The maximum atomic E-state index is 6.89. The summed E-state index contributed by atoms with van der Waals surface area (Å²) in [5.41, 5.74) is 27.8. The molecule has 138 heavy (non-hydrogen) atoms. The van der Waals surface area contributed by atoms with Crippen LogP contribution < -0.4 is 24.3 Å². The first kappa shape index (κ1) is 78.2. The molecule has 30 rings (SSSR count). The van der Waals surface area contributed by atoms with E-state index in [0.29, 0.717) is 0 Å². The summed E-state index contributed by atoms with van der Waals surface area (Å²) in [5.74, 6) is 1.71. The summed E-state index contributed by atoms with van der Waals surface area (Å²) >= 11 is 1.83. The Labute approximate surface area is 799 Å². The summed E-state index contributed by atoms with van der Waals surface area (Å²) in [6, 6.07) is 150. The Morgan fingerprint density at radius 2 is 0.681 bits per heavy atom. The molecule has 0 unspecified atom stereocenters. The highest BCUT2D eigenvalue weighted by Crippen LogP contribution is 2.61. The van der Waals surface area contributed by atoms with Crippen molar-refractivity contribution in [3.05, 3.63) is 453 Å². The molecule has 0 aliphatic carbocycles. The zero-order valence-electron chi connectivity index (χ0n) is 75.8. The highest BCUT2D eigenvalue weighted by molar-refractivity contribution is 7.99. The first-order valence-corrected chi connectivity index (χ1v) is 48.2. The van der Waals surface area contributed by atoms with E-state index in [4.69, 9.17) is 19.1 Å². The SMILES string of the molecule is CC1(C)c2ccccc2N(c2ccc3c(-c4cccnc4)c4cc(N5c6ccccc6Sc6ccccc65)ccc4c(-c4cccnc4)c3c2)c2cc3oc4cc5cc6ccccc6cc5cc4c3cc21.CC1(C)c2ccccc2N(c2ccc3c(ccc4cc(N5c6ccccc6Oc6ccccc65)ccc43)c2)c2cc3c(cc21)c1c2ccc4cccc5ccc(cc1n3-c1ccccc1)c2c54. The fourth-order valence-electron chi connectivity index (χ4n) is 23.7. The molecular formula is C128H83N7O2S. The van der Waals surface area contributed by atoms with E-state index in [1.165, 1.54) is 152 Å². The van der Waals surface area contributed by atoms with Gasteiger partial charge >= 0.3 is 0 Å². The summed E-state index contributed by atoms with van der Waals surface area (Å²) in [6.07, 6.45) is 7.73. The van der Waals surface area contributed by atoms with E-state index in [0.717, 1.165) is 128 Å². The molecule has 4 aromatic heterocycles. The third kappa shape index (κ3) is 11.6. The summed E-state index contributed by atoms with van der Waals surface area (Å²) in [6.45, 7) is 9.52. The Kier molecular flexibility index (Phi) is 16.8. The number of pyridine rings is 2. The Balaban J connectivity index is 0.000000133. The monoisotopic (exact) mass is 1780 g/mol. The van der Waals surface area contributed by atoms with E-state index in [2.05, 4.69) is 422 Å². The lowest BCUT2D eigenvalue weighted by molar-refractivity contribution is 0.477. The minimum Gasteiger partial charge on any atom is -0.456 e. The van der Waals surface area contributed by atoms with Crippen LogP contribution in [-0.4, -0.2) is 14.5 Å². The molecule has 648 valence electrons. The molecule has 0 radical (unpaired) electrons. The van der Waals surface area contributed by atoms with Gasteiger partial charge in [-0.15, -0.1) is 0 Å². The lowest BCUT2D eigenvalue weighted by atomic mass is 9.73. The second kappa shape index (κ2) is 29.6. The molecular weight excluding hydrogens is 1700 g/mol. The standard InChI is InChI=1S/C65H42N4OS.C63H41N3O/c1-65(2)53-17-5-6-18-55(53)68(58-36-60-50(35-54(58)65)49-31-43-29-39-13-3-4-14-40(39)30-44(43)32-59(49)70-60)45-23-25-47-51(33-45)63(41-15-11-27-66-37-41)48-26-24-46(34-52(48)64(47)42-16-12-28-67-38-42)69-56-19-7-9-21-61(56)71-62-22-10-8-20-57(62)69;1-63(2)50-17-6-7-18-52(50)65(44-28-31-46-40(33-44)24-25-41-34-45(29-32-47(41)46)66-53-19-8-10-21-58(53)67-59-22-11-9-20-54(59)66)56-37-55-49(36-51(56)63)62-48-30-27-39-14-12-13-38-23-26-42(61(48)60(38)39)35-57(62)64(55)43-15-4-3-5-16-43/h3-38H,1-2H3;3-37H,1-2H3. The van der Waals surface area contributed by atoms with Crippen LogP contribution in [0, 0.1) is 0 Å². The molecule has 26 aromatic rings. The molecule has 4 aliphatic heterocycles. The lowest BCUT2D eigenvalue weighted by Gasteiger charge is -2.42. The summed E-state index contributed by atoms with van der Waals surface area (Å²) < 4.78 is 15.7. The van der Waals surface area contributed by atoms with Crippen LogP contribution in [0.25, 0.3) is 169 Å². The van der Waals surface area contributed by atoms with E-state index in [1.54, 1.807) is 0 Å². The van der Waals surface area contributed by atoms with E-state index < -0.39 is 0 Å². The molecule has 0 bridgehead atoms. The molecule has 0 saturated heterocycles. The number of fused-ring (bicyclic) bond motifs is 22. The van der Waals surface area contributed by atoms with Crippen LogP contribution in [0.15, 0.2) is 445 Å². The second-order valence-corrected chi connectivity index (χ2v) is 39.4. The van der Waals surface area contributed by atoms with E-state index in [-0.39, 0.29) is 10.8 Å². The lowest BCUT2D eigenvalue weighted by Crippen LogP contribution is -2.30. The van der Waals surface area contributed by atoms with Crippen molar-refractivity contribution in [1.29, 1.82) is 0 Å². The molecule has 8 heterocycles. The number of ether oxygens (including phenoxy) is 1. The minimum atomic E-state index is -0.305. The number of anilines is 12. The van der Waals surface area contributed by atoms with Crippen molar-refractivity contribution in [1.82, 2.24) is 14.5 Å². The Morgan fingerprint density at radius 3 is 1.26 bits per heavy atom. The third-order valence-electron chi connectivity index (χ3n) is 30.1. The predicted octanol–water partition coefficient (Wildman–Crippen LogP) is 36.0. The summed E-state index contributed by atoms with van der Waals surface area (Å²) in [4.78, 5) is 21.6.